The van der Waals surface area contributed by atoms with Crippen molar-refractivity contribution in [3.05, 3.63) is 35.2 Å². The molecule has 132 valence electrons. The molecule has 1 aliphatic heterocycles. The Kier molecular flexibility index (Phi) is 3.88. The number of aromatic hydroxyl groups is 1. The maximum absolute atomic E-state index is 12.4. The maximum Gasteiger partial charge on any atom is 0.254 e. The molecule has 4 rings (SSSR count). The average Bonchev–Trinajstić information content (AvgIpc) is 3.16. The number of carbonyl (C=O) groups excluding carboxylic acids is 2. The summed E-state index contributed by atoms with van der Waals surface area (Å²) in [7, 11) is 1.51. The van der Waals surface area contributed by atoms with Crippen LogP contribution < -0.4 is 16.0 Å². The van der Waals surface area contributed by atoms with Crippen molar-refractivity contribution in [2.45, 2.75) is 43.9 Å². The van der Waals surface area contributed by atoms with E-state index in [1.807, 2.05) is 0 Å². The van der Waals surface area contributed by atoms with Gasteiger partial charge in [-0.2, -0.15) is 0 Å². The number of carbonyl (C=O) groups is 2. The van der Waals surface area contributed by atoms with E-state index >= 15 is 0 Å². The van der Waals surface area contributed by atoms with E-state index in [1.54, 1.807) is 18.2 Å². The van der Waals surface area contributed by atoms with Crippen LogP contribution in [0.2, 0.25) is 0 Å². The fraction of sp³-hybridized carbons (Fsp3) is 0.444. The lowest BCUT2D eigenvalue weighted by atomic mass is 10.1. The standard InChI is InChI=1S/C18H21N3O4/c1-19-18(24)10-7-4-8-11(14(10)22)21-13-12(15(23)17-16(13)25-17)20-9-5-2-3-6-9/h4,7-9,16-17,20-22H,2-3,5-6H2,1H3,(H,19,24). The number of rotatable bonds is 5. The summed E-state index contributed by atoms with van der Waals surface area (Å²) in [5, 5.41) is 19.4. The Morgan fingerprint density at radius 3 is 2.72 bits per heavy atom. The van der Waals surface area contributed by atoms with E-state index in [9.17, 15) is 14.7 Å². The molecule has 1 aromatic rings. The molecular formula is C18H21N3O4. The molecule has 25 heavy (non-hydrogen) atoms. The topological polar surface area (TPSA) is 103 Å². The van der Waals surface area contributed by atoms with Crippen LogP contribution in [0.4, 0.5) is 5.69 Å². The molecule has 1 amide bonds. The first kappa shape index (κ1) is 16.0. The lowest BCUT2D eigenvalue weighted by Crippen LogP contribution is -2.31. The first-order valence-electron chi connectivity index (χ1n) is 8.61. The average molecular weight is 343 g/mol. The monoisotopic (exact) mass is 343 g/mol. The Morgan fingerprint density at radius 1 is 1.24 bits per heavy atom. The summed E-state index contributed by atoms with van der Waals surface area (Å²) in [5.41, 5.74) is 1.76. The third-order valence-corrected chi connectivity index (χ3v) is 5.03. The van der Waals surface area contributed by atoms with Gasteiger partial charge in [0.15, 0.2) is 11.9 Å². The van der Waals surface area contributed by atoms with Crippen LogP contribution in [-0.2, 0) is 9.53 Å². The molecule has 2 fully saturated rings. The zero-order valence-electron chi connectivity index (χ0n) is 14.0. The van der Waals surface area contributed by atoms with Gasteiger partial charge in [0.2, 0.25) is 5.78 Å². The van der Waals surface area contributed by atoms with Gasteiger partial charge in [-0.05, 0) is 25.0 Å². The molecule has 7 nitrogen and oxygen atoms in total. The van der Waals surface area contributed by atoms with Crippen molar-refractivity contribution < 1.29 is 19.4 Å². The summed E-state index contributed by atoms with van der Waals surface area (Å²) >= 11 is 0. The minimum absolute atomic E-state index is 0.0404. The number of hydrogen-bond donors (Lipinski definition) is 4. The van der Waals surface area contributed by atoms with Gasteiger partial charge in [0.1, 0.15) is 11.8 Å². The number of amides is 1. The van der Waals surface area contributed by atoms with Gasteiger partial charge < -0.3 is 25.8 Å². The molecule has 0 spiro atoms. The number of ketones is 1. The van der Waals surface area contributed by atoms with Crippen LogP contribution in [0.15, 0.2) is 29.6 Å². The largest absolute Gasteiger partial charge is 0.505 e. The molecule has 0 aromatic heterocycles. The molecule has 7 heteroatoms. The van der Waals surface area contributed by atoms with Crippen molar-refractivity contribution in [1.82, 2.24) is 10.6 Å². The first-order valence-corrected chi connectivity index (χ1v) is 8.61. The Bertz CT molecular complexity index is 768. The zero-order valence-corrected chi connectivity index (χ0v) is 14.0. The van der Waals surface area contributed by atoms with Gasteiger partial charge in [-0.15, -0.1) is 0 Å². The molecule has 2 aliphatic carbocycles. The first-order chi connectivity index (χ1) is 12.1. The molecule has 3 aliphatic rings. The van der Waals surface area contributed by atoms with Crippen LogP contribution in [0.25, 0.3) is 0 Å². The summed E-state index contributed by atoms with van der Waals surface area (Å²) < 4.78 is 5.41. The van der Waals surface area contributed by atoms with Gasteiger partial charge in [-0.25, -0.2) is 0 Å². The highest BCUT2D eigenvalue weighted by Gasteiger charge is 2.56. The van der Waals surface area contributed by atoms with E-state index in [0.29, 0.717) is 23.1 Å². The third-order valence-electron chi connectivity index (χ3n) is 5.03. The number of anilines is 1. The van der Waals surface area contributed by atoms with Crippen molar-refractivity contribution in [2.24, 2.45) is 0 Å². The van der Waals surface area contributed by atoms with Crippen molar-refractivity contribution >= 4 is 17.4 Å². The van der Waals surface area contributed by atoms with Crippen LogP contribution in [0, 0.1) is 0 Å². The predicted molar refractivity (Wildman–Crippen MR) is 91.2 cm³/mol. The van der Waals surface area contributed by atoms with Crippen molar-refractivity contribution in [2.75, 3.05) is 12.4 Å². The molecule has 1 saturated heterocycles. The molecular weight excluding hydrogens is 322 g/mol. The second-order valence-electron chi connectivity index (χ2n) is 6.66. The van der Waals surface area contributed by atoms with E-state index in [4.69, 9.17) is 4.74 Å². The highest BCUT2D eigenvalue weighted by atomic mass is 16.6. The fourth-order valence-electron chi connectivity index (χ4n) is 3.61. The van der Waals surface area contributed by atoms with Crippen LogP contribution in [0.3, 0.4) is 0 Å². The molecule has 1 heterocycles. The Balaban J connectivity index is 1.63. The lowest BCUT2D eigenvalue weighted by molar-refractivity contribution is -0.117. The number of para-hydroxylation sites is 1. The summed E-state index contributed by atoms with van der Waals surface area (Å²) in [5.74, 6) is -0.560. The van der Waals surface area contributed by atoms with Crippen LogP contribution in [0.5, 0.6) is 5.75 Å². The Labute approximate surface area is 145 Å². The number of epoxide rings is 1. The number of phenolic OH excluding ortho intramolecular Hbond substituents is 1. The van der Waals surface area contributed by atoms with Crippen molar-refractivity contribution in [1.29, 1.82) is 0 Å². The summed E-state index contributed by atoms with van der Waals surface area (Å²) in [6, 6.07) is 5.20. The van der Waals surface area contributed by atoms with Gasteiger partial charge >= 0.3 is 0 Å². The molecule has 1 aromatic carbocycles. The fourth-order valence-corrected chi connectivity index (χ4v) is 3.61. The van der Waals surface area contributed by atoms with E-state index in [1.165, 1.54) is 19.9 Å². The predicted octanol–water partition coefficient (Wildman–Crippen LogP) is 1.26. The molecule has 4 N–H and O–H groups in total. The third kappa shape index (κ3) is 2.74. The van der Waals surface area contributed by atoms with Gasteiger partial charge in [0.05, 0.1) is 16.9 Å². The SMILES string of the molecule is CNC(=O)c1cccc(NC2=C(NC3CCCC3)C(=O)C3OC23)c1O. The van der Waals surface area contributed by atoms with Gasteiger partial charge in [0.25, 0.3) is 5.91 Å². The van der Waals surface area contributed by atoms with E-state index in [2.05, 4.69) is 16.0 Å². The molecule has 0 bridgehead atoms. The number of Topliss-reactive ketones (excluding diaryl/α,β-unsaturated/α-hetero) is 1. The number of fused-ring (bicyclic) bond motifs is 1. The van der Waals surface area contributed by atoms with Crippen LogP contribution in [0.1, 0.15) is 36.0 Å². The number of phenols is 1. The minimum atomic E-state index is -0.421. The quantitative estimate of drug-likeness (QED) is 0.474. The maximum atomic E-state index is 12.4. The second kappa shape index (κ2) is 6.07. The van der Waals surface area contributed by atoms with Crippen molar-refractivity contribution in [3.63, 3.8) is 0 Å². The van der Waals surface area contributed by atoms with Crippen molar-refractivity contribution in [3.8, 4) is 5.75 Å². The van der Waals surface area contributed by atoms with Gasteiger partial charge in [0, 0.05) is 13.1 Å². The second-order valence-corrected chi connectivity index (χ2v) is 6.66. The summed E-state index contributed by atoms with van der Waals surface area (Å²) in [6.45, 7) is 0. The van der Waals surface area contributed by atoms with Gasteiger partial charge in [-0.3, -0.25) is 9.59 Å². The van der Waals surface area contributed by atoms with Gasteiger partial charge in [-0.1, -0.05) is 18.9 Å². The van der Waals surface area contributed by atoms with E-state index in [-0.39, 0.29) is 29.1 Å². The summed E-state index contributed by atoms with van der Waals surface area (Å²) in [6.07, 6.45) is 3.73. The number of benzene rings is 1. The normalized spacial score (nSPS) is 25.1. The number of ether oxygens (including phenoxy) is 1. The smallest absolute Gasteiger partial charge is 0.254 e. The number of hydrogen-bond acceptors (Lipinski definition) is 6. The summed E-state index contributed by atoms with van der Waals surface area (Å²) in [4.78, 5) is 24.3. The molecule has 2 unspecified atom stereocenters. The van der Waals surface area contributed by atoms with Crippen LogP contribution >= 0.6 is 0 Å². The molecule has 2 atom stereocenters. The molecule has 1 saturated carbocycles. The van der Waals surface area contributed by atoms with E-state index < -0.39 is 6.10 Å². The zero-order chi connectivity index (χ0) is 17.6. The lowest BCUT2D eigenvalue weighted by Gasteiger charge is -2.18. The Hall–Kier alpha value is -2.54. The van der Waals surface area contributed by atoms with E-state index in [0.717, 1.165) is 12.8 Å². The minimum Gasteiger partial charge on any atom is -0.505 e. The Morgan fingerprint density at radius 2 is 2.00 bits per heavy atom. The van der Waals surface area contributed by atoms with Crippen LogP contribution in [-0.4, -0.2) is 42.1 Å². The highest BCUT2D eigenvalue weighted by molar-refractivity contribution is 6.06. The highest BCUT2D eigenvalue weighted by Crippen LogP contribution is 2.42. The molecule has 0 radical (unpaired) electrons. The number of nitrogens with one attached hydrogen (secondary N) is 3.